The third-order valence-corrected chi connectivity index (χ3v) is 3.47. The zero-order valence-electron chi connectivity index (χ0n) is 12.6. The zero-order valence-corrected chi connectivity index (χ0v) is 13.4. The van der Waals surface area contributed by atoms with Gasteiger partial charge in [-0.3, -0.25) is 0 Å². The van der Waals surface area contributed by atoms with Gasteiger partial charge < -0.3 is 20.1 Å². The fraction of sp³-hybridized carbons (Fsp3) is 0.562. The maximum Gasteiger partial charge on any atom is 0.170 e. The maximum atomic E-state index is 5.58. The molecule has 116 valence electrons. The Kier molecular flexibility index (Phi) is 6.76. The number of hydrogen-bond acceptors (Lipinski definition) is 3. The molecule has 5 heteroatoms. The number of nitrogens with one attached hydrogen (secondary N) is 2. The van der Waals surface area contributed by atoms with Crippen LogP contribution in [0.2, 0.25) is 0 Å². The molecule has 0 amide bonds. The summed E-state index contributed by atoms with van der Waals surface area (Å²) in [6.45, 7) is 5.20. The molecule has 1 fully saturated rings. The molecule has 4 nitrogen and oxygen atoms in total. The SMILES string of the molecule is CCOc1ccc(NC(=S)NCCCOCC2CC2)cc1. The van der Waals surface area contributed by atoms with Crippen molar-refractivity contribution in [1.82, 2.24) is 5.32 Å². The van der Waals surface area contributed by atoms with E-state index < -0.39 is 0 Å². The van der Waals surface area contributed by atoms with Crippen molar-refractivity contribution in [3.05, 3.63) is 24.3 Å². The predicted octanol–water partition coefficient (Wildman–Crippen LogP) is 3.19. The van der Waals surface area contributed by atoms with Gasteiger partial charge in [0.1, 0.15) is 5.75 Å². The summed E-state index contributed by atoms with van der Waals surface area (Å²) >= 11 is 5.26. The van der Waals surface area contributed by atoms with Gasteiger partial charge >= 0.3 is 0 Å². The zero-order chi connectivity index (χ0) is 14.9. The first-order valence-electron chi connectivity index (χ1n) is 7.63. The molecule has 0 radical (unpaired) electrons. The molecule has 0 heterocycles. The predicted molar refractivity (Wildman–Crippen MR) is 90.0 cm³/mol. The molecule has 0 unspecified atom stereocenters. The molecule has 21 heavy (non-hydrogen) atoms. The number of thiocarbonyl (C=S) groups is 1. The van der Waals surface area contributed by atoms with Gasteiger partial charge in [-0.1, -0.05) is 0 Å². The van der Waals surface area contributed by atoms with Gasteiger partial charge in [0.25, 0.3) is 0 Å². The van der Waals surface area contributed by atoms with Crippen LogP contribution in [0, 0.1) is 5.92 Å². The third-order valence-electron chi connectivity index (χ3n) is 3.22. The minimum Gasteiger partial charge on any atom is -0.494 e. The van der Waals surface area contributed by atoms with Crippen LogP contribution in [0.15, 0.2) is 24.3 Å². The number of benzene rings is 1. The summed E-state index contributed by atoms with van der Waals surface area (Å²) < 4.78 is 11.0. The summed E-state index contributed by atoms with van der Waals surface area (Å²) in [7, 11) is 0. The second-order valence-corrected chi connectivity index (χ2v) is 5.62. The summed E-state index contributed by atoms with van der Waals surface area (Å²) in [5.74, 6) is 1.70. The highest BCUT2D eigenvalue weighted by molar-refractivity contribution is 7.80. The van der Waals surface area contributed by atoms with E-state index in [1.54, 1.807) is 0 Å². The van der Waals surface area contributed by atoms with E-state index in [-0.39, 0.29) is 0 Å². The smallest absolute Gasteiger partial charge is 0.170 e. The second-order valence-electron chi connectivity index (χ2n) is 5.21. The Morgan fingerprint density at radius 1 is 1.29 bits per heavy atom. The topological polar surface area (TPSA) is 42.5 Å². The van der Waals surface area contributed by atoms with Crippen LogP contribution in [0.1, 0.15) is 26.2 Å². The lowest BCUT2D eigenvalue weighted by molar-refractivity contribution is 0.123. The molecule has 0 atom stereocenters. The van der Waals surface area contributed by atoms with Gasteiger partial charge in [-0.05, 0) is 68.6 Å². The van der Waals surface area contributed by atoms with E-state index in [4.69, 9.17) is 21.7 Å². The summed E-state index contributed by atoms with van der Waals surface area (Å²) in [6.07, 6.45) is 3.65. The van der Waals surface area contributed by atoms with E-state index in [9.17, 15) is 0 Å². The van der Waals surface area contributed by atoms with Gasteiger partial charge in [0, 0.05) is 25.4 Å². The van der Waals surface area contributed by atoms with Crippen LogP contribution in [0.4, 0.5) is 5.69 Å². The molecule has 0 aliphatic heterocycles. The lowest BCUT2D eigenvalue weighted by atomic mass is 10.3. The Labute approximate surface area is 132 Å². The van der Waals surface area contributed by atoms with Gasteiger partial charge in [-0.2, -0.15) is 0 Å². The highest BCUT2D eigenvalue weighted by Crippen LogP contribution is 2.28. The monoisotopic (exact) mass is 308 g/mol. The average molecular weight is 308 g/mol. The fourth-order valence-corrected chi connectivity index (χ4v) is 2.11. The molecule has 1 aliphatic carbocycles. The van der Waals surface area contributed by atoms with Gasteiger partial charge in [0.15, 0.2) is 5.11 Å². The van der Waals surface area contributed by atoms with Crippen molar-refractivity contribution in [1.29, 1.82) is 0 Å². The Bertz CT molecular complexity index is 432. The van der Waals surface area contributed by atoms with Crippen molar-refractivity contribution >= 4 is 23.0 Å². The van der Waals surface area contributed by atoms with Crippen molar-refractivity contribution in [3.8, 4) is 5.75 Å². The van der Waals surface area contributed by atoms with Gasteiger partial charge in [0.05, 0.1) is 6.61 Å². The first-order chi connectivity index (χ1) is 10.3. The molecule has 0 saturated heterocycles. The second kappa shape index (κ2) is 8.85. The average Bonchev–Trinajstić information content (AvgIpc) is 3.29. The minimum absolute atomic E-state index is 0.640. The molecule has 1 aliphatic rings. The summed E-state index contributed by atoms with van der Waals surface area (Å²) in [5.41, 5.74) is 0.959. The van der Waals surface area contributed by atoms with Crippen molar-refractivity contribution in [2.24, 2.45) is 5.92 Å². The Morgan fingerprint density at radius 2 is 2.05 bits per heavy atom. The first-order valence-corrected chi connectivity index (χ1v) is 8.04. The normalized spacial score (nSPS) is 13.8. The molecule has 0 spiro atoms. The summed E-state index contributed by atoms with van der Waals surface area (Å²) in [5, 5.41) is 6.98. The van der Waals surface area contributed by atoms with E-state index >= 15 is 0 Å². The van der Waals surface area contributed by atoms with Gasteiger partial charge in [0.2, 0.25) is 0 Å². The Hall–Kier alpha value is -1.33. The first kappa shape index (κ1) is 16.0. The number of anilines is 1. The maximum absolute atomic E-state index is 5.58. The van der Waals surface area contributed by atoms with Crippen LogP contribution in [0.3, 0.4) is 0 Å². The quantitative estimate of drug-likeness (QED) is 0.542. The van der Waals surface area contributed by atoms with Crippen LogP contribution >= 0.6 is 12.2 Å². The standard InChI is InChI=1S/C16H24N2O2S/c1-2-20-15-8-6-14(7-9-15)18-16(21)17-10-3-11-19-12-13-4-5-13/h6-9,13H,2-5,10-12H2,1H3,(H2,17,18,21). The van der Waals surface area contributed by atoms with E-state index in [0.717, 1.165) is 43.5 Å². The Balaban J connectivity index is 1.55. The lowest BCUT2D eigenvalue weighted by Gasteiger charge is -2.11. The van der Waals surface area contributed by atoms with E-state index in [0.29, 0.717) is 11.7 Å². The van der Waals surface area contributed by atoms with Crippen LogP contribution in [-0.2, 0) is 4.74 Å². The lowest BCUT2D eigenvalue weighted by Crippen LogP contribution is -2.29. The summed E-state index contributed by atoms with van der Waals surface area (Å²) in [4.78, 5) is 0. The largest absolute Gasteiger partial charge is 0.494 e. The molecular weight excluding hydrogens is 284 g/mol. The van der Waals surface area contributed by atoms with Crippen molar-refractivity contribution in [3.63, 3.8) is 0 Å². The molecule has 1 aromatic carbocycles. The molecule has 2 rings (SSSR count). The van der Waals surface area contributed by atoms with Gasteiger partial charge in [-0.25, -0.2) is 0 Å². The molecular formula is C16H24N2O2S. The molecule has 2 N–H and O–H groups in total. The van der Waals surface area contributed by atoms with Crippen molar-refractivity contribution in [2.75, 3.05) is 31.7 Å². The molecule has 0 aromatic heterocycles. The minimum atomic E-state index is 0.640. The van der Waals surface area contributed by atoms with Gasteiger partial charge in [-0.15, -0.1) is 0 Å². The number of ether oxygens (including phenoxy) is 2. The Morgan fingerprint density at radius 3 is 2.71 bits per heavy atom. The highest BCUT2D eigenvalue weighted by Gasteiger charge is 2.20. The van der Waals surface area contributed by atoms with E-state index in [1.165, 1.54) is 12.8 Å². The van der Waals surface area contributed by atoms with E-state index in [1.807, 2.05) is 31.2 Å². The van der Waals surface area contributed by atoms with Crippen molar-refractivity contribution < 1.29 is 9.47 Å². The fourth-order valence-electron chi connectivity index (χ4n) is 1.89. The van der Waals surface area contributed by atoms with Crippen LogP contribution < -0.4 is 15.4 Å². The van der Waals surface area contributed by atoms with Crippen LogP contribution in [0.5, 0.6) is 5.75 Å². The molecule has 1 aromatic rings. The molecule has 0 bridgehead atoms. The number of hydrogen-bond donors (Lipinski definition) is 2. The van der Waals surface area contributed by atoms with Crippen LogP contribution in [0.25, 0.3) is 0 Å². The summed E-state index contributed by atoms with van der Waals surface area (Å²) in [6, 6.07) is 7.77. The van der Waals surface area contributed by atoms with Crippen molar-refractivity contribution in [2.45, 2.75) is 26.2 Å². The van der Waals surface area contributed by atoms with E-state index in [2.05, 4.69) is 10.6 Å². The highest BCUT2D eigenvalue weighted by atomic mass is 32.1. The van der Waals surface area contributed by atoms with Crippen LogP contribution in [-0.4, -0.2) is 31.5 Å². The number of rotatable bonds is 9. The third kappa shape index (κ3) is 6.78. The molecule has 1 saturated carbocycles.